The third-order valence-corrected chi connectivity index (χ3v) is 7.54. The van der Waals surface area contributed by atoms with E-state index in [0.717, 1.165) is 30.1 Å². The Hall–Kier alpha value is -1.82. The van der Waals surface area contributed by atoms with Crippen molar-refractivity contribution in [3.63, 3.8) is 0 Å². The van der Waals surface area contributed by atoms with E-state index < -0.39 is 85.1 Å². The zero-order chi connectivity index (χ0) is 28.9. The van der Waals surface area contributed by atoms with Crippen LogP contribution in [-0.4, -0.2) is 112 Å². The molecule has 0 amide bonds. The summed E-state index contributed by atoms with van der Waals surface area (Å²) in [7, 11) is 0. The first-order valence-corrected chi connectivity index (χ1v) is 13.6. The minimum Gasteiger partial charge on any atom is -0.463 e. The minimum absolute atomic E-state index is 0.390. The second-order valence-electron chi connectivity index (χ2n) is 8.86. The van der Waals surface area contributed by atoms with Gasteiger partial charge in [0, 0.05) is 30.1 Å². The summed E-state index contributed by atoms with van der Waals surface area (Å²) < 4.78 is 34.6. The van der Waals surface area contributed by atoms with E-state index in [2.05, 4.69) is 15.9 Å². The highest BCUT2D eigenvalue weighted by Gasteiger charge is 2.54. The van der Waals surface area contributed by atoms with Crippen LogP contribution in [-0.2, 0) is 42.8 Å². The number of halogens is 1. The normalized spacial score (nSPS) is 34.7. The molecular weight excluding hydrogens is 608 g/mol. The molecule has 2 aliphatic rings. The zero-order valence-corrected chi connectivity index (χ0v) is 23.6. The predicted molar refractivity (Wildman–Crippen MR) is 135 cm³/mol. The molecule has 2 fully saturated rings. The van der Waals surface area contributed by atoms with Gasteiger partial charge in [-0.25, -0.2) is 0 Å². The van der Waals surface area contributed by atoms with Crippen LogP contribution in [0.15, 0.2) is 33.6 Å². The number of thioether (sulfide) groups is 1. The molecule has 3 rings (SSSR count). The summed E-state index contributed by atoms with van der Waals surface area (Å²) in [6.07, 6.45) is -13.3. The first-order valence-electron chi connectivity index (χ1n) is 11.9. The fourth-order valence-electron chi connectivity index (χ4n) is 4.10. The molecule has 0 unspecified atom stereocenters. The minimum atomic E-state index is -1.79. The first kappa shape index (κ1) is 31.7. The van der Waals surface area contributed by atoms with E-state index in [4.69, 9.17) is 28.4 Å². The number of hydrogen-bond acceptors (Lipinski definition) is 14. The quantitative estimate of drug-likeness (QED) is 0.207. The summed E-state index contributed by atoms with van der Waals surface area (Å²) in [5.74, 6) is -2.12. The van der Waals surface area contributed by atoms with Gasteiger partial charge >= 0.3 is 17.9 Å². The standard InChI is InChI=1S/C24H31BrO13S/c1-10(27)33-9-16-20(38-23-19(32)18(31)17(30)15(8-26)36-23)21(34-11(2)28)22(35-12(3)29)24(37-16)39-14-6-4-13(25)5-7-14/h4-7,15-24,26,30-32H,8-9H2,1-3H3/t15-,16-,17+,18+,19-,20-,21+,22-,23+,24+/m1/s1. The van der Waals surface area contributed by atoms with Gasteiger partial charge in [0.1, 0.15) is 48.7 Å². The molecule has 15 heteroatoms. The highest BCUT2D eigenvalue weighted by molar-refractivity contribution is 9.10. The topological polar surface area (TPSA) is 188 Å². The average molecular weight is 639 g/mol. The van der Waals surface area contributed by atoms with Gasteiger partial charge in [0.05, 0.1) is 6.61 Å². The largest absolute Gasteiger partial charge is 0.463 e. The lowest BCUT2D eigenvalue weighted by Crippen LogP contribution is -2.65. The molecule has 2 heterocycles. The maximum absolute atomic E-state index is 12.2. The third kappa shape index (κ3) is 8.34. The van der Waals surface area contributed by atoms with Crippen molar-refractivity contribution in [1.82, 2.24) is 0 Å². The van der Waals surface area contributed by atoms with Crippen LogP contribution in [0.25, 0.3) is 0 Å². The molecule has 1 aromatic carbocycles. The molecule has 0 radical (unpaired) electrons. The Morgan fingerprint density at radius 1 is 0.846 bits per heavy atom. The Morgan fingerprint density at radius 2 is 1.46 bits per heavy atom. The Labute approximate surface area is 236 Å². The molecule has 0 aromatic heterocycles. The molecule has 4 N–H and O–H groups in total. The van der Waals surface area contributed by atoms with Crippen LogP contribution in [0, 0.1) is 0 Å². The molecule has 0 spiro atoms. The molecule has 218 valence electrons. The maximum atomic E-state index is 12.2. The predicted octanol–water partition coefficient (Wildman–Crippen LogP) is -0.122. The number of ether oxygens (including phenoxy) is 6. The number of rotatable bonds is 9. The second kappa shape index (κ2) is 14.2. The lowest BCUT2D eigenvalue weighted by atomic mass is 9.97. The number of carbonyl (C=O) groups excluding carboxylic acids is 3. The monoisotopic (exact) mass is 638 g/mol. The molecule has 0 aliphatic carbocycles. The molecule has 2 aliphatic heterocycles. The summed E-state index contributed by atoms with van der Waals surface area (Å²) in [6, 6.07) is 7.14. The van der Waals surface area contributed by atoms with E-state index >= 15 is 0 Å². The van der Waals surface area contributed by atoms with Gasteiger partial charge in [0.15, 0.2) is 18.5 Å². The Balaban J connectivity index is 1.99. The molecule has 13 nitrogen and oxygen atoms in total. The Kier molecular flexibility index (Phi) is 11.5. The van der Waals surface area contributed by atoms with Gasteiger partial charge in [-0.15, -0.1) is 0 Å². The van der Waals surface area contributed by atoms with E-state index in [9.17, 15) is 34.8 Å². The molecule has 1 aromatic rings. The number of benzene rings is 1. The lowest BCUT2D eigenvalue weighted by molar-refractivity contribution is -0.339. The van der Waals surface area contributed by atoms with Crippen molar-refractivity contribution in [1.29, 1.82) is 0 Å². The Morgan fingerprint density at radius 3 is 2.03 bits per heavy atom. The van der Waals surface area contributed by atoms with Gasteiger partial charge in [-0.1, -0.05) is 27.7 Å². The van der Waals surface area contributed by atoms with E-state index in [0.29, 0.717) is 4.90 Å². The van der Waals surface area contributed by atoms with Gasteiger partial charge in [-0.3, -0.25) is 14.4 Å². The van der Waals surface area contributed by atoms with Crippen molar-refractivity contribution >= 4 is 45.6 Å². The van der Waals surface area contributed by atoms with E-state index in [1.165, 1.54) is 6.92 Å². The number of aliphatic hydroxyl groups is 4. The lowest BCUT2D eigenvalue weighted by Gasteiger charge is -2.47. The van der Waals surface area contributed by atoms with Crippen LogP contribution < -0.4 is 0 Å². The van der Waals surface area contributed by atoms with Crippen molar-refractivity contribution in [3.8, 4) is 0 Å². The van der Waals surface area contributed by atoms with Crippen molar-refractivity contribution in [2.24, 2.45) is 0 Å². The van der Waals surface area contributed by atoms with Gasteiger partial charge < -0.3 is 48.8 Å². The van der Waals surface area contributed by atoms with Gasteiger partial charge in [0.25, 0.3) is 0 Å². The van der Waals surface area contributed by atoms with Gasteiger partial charge in [-0.05, 0) is 24.3 Å². The molecule has 39 heavy (non-hydrogen) atoms. The number of aliphatic hydroxyl groups excluding tert-OH is 4. The van der Waals surface area contributed by atoms with Crippen LogP contribution in [0.1, 0.15) is 20.8 Å². The van der Waals surface area contributed by atoms with Crippen LogP contribution in [0.4, 0.5) is 0 Å². The SMILES string of the molecule is CC(=O)OC[C@H]1O[C@@H](Sc2ccc(Br)cc2)[C@H](OC(C)=O)[C@@H](OC(C)=O)[C@@H]1O[C@@H]1O[C@H](CO)[C@H](O)[C@H](O)[C@H]1O. The zero-order valence-electron chi connectivity index (χ0n) is 21.2. The first-order chi connectivity index (χ1) is 18.4. The summed E-state index contributed by atoms with van der Waals surface area (Å²) in [4.78, 5) is 36.6. The van der Waals surface area contributed by atoms with Gasteiger partial charge in [-0.2, -0.15) is 0 Å². The highest BCUT2D eigenvalue weighted by Crippen LogP contribution is 2.39. The van der Waals surface area contributed by atoms with Crippen LogP contribution in [0.2, 0.25) is 0 Å². The van der Waals surface area contributed by atoms with E-state index in [1.54, 1.807) is 24.3 Å². The van der Waals surface area contributed by atoms with Crippen molar-refractivity contribution in [3.05, 3.63) is 28.7 Å². The molecular formula is C24H31BrO13S. The number of esters is 3. The summed E-state index contributed by atoms with van der Waals surface area (Å²) in [5.41, 5.74) is -0.977. The number of carbonyl (C=O) groups is 3. The fraction of sp³-hybridized carbons (Fsp3) is 0.625. The molecule has 2 saturated heterocycles. The fourth-order valence-corrected chi connectivity index (χ4v) is 5.46. The highest BCUT2D eigenvalue weighted by atomic mass is 79.9. The third-order valence-electron chi connectivity index (χ3n) is 5.85. The second-order valence-corrected chi connectivity index (χ2v) is 11.0. The van der Waals surface area contributed by atoms with E-state index in [1.807, 2.05) is 0 Å². The van der Waals surface area contributed by atoms with Gasteiger partial charge in [0.2, 0.25) is 0 Å². The maximum Gasteiger partial charge on any atom is 0.303 e. The van der Waals surface area contributed by atoms with Crippen LogP contribution in [0.3, 0.4) is 0 Å². The molecule has 0 saturated carbocycles. The van der Waals surface area contributed by atoms with E-state index in [-0.39, 0.29) is 6.61 Å². The smallest absolute Gasteiger partial charge is 0.303 e. The summed E-state index contributed by atoms with van der Waals surface area (Å²) >= 11 is 4.51. The van der Waals surface area contributed by atoms with Crippen LogP contribution in [0.5, 0.6) is 0 Å². The van der Waals surface area contributed by atoms with Crippen molar-refractivity contribution in [2.45, 2.75) is 86.2 Å². The Bertz CT molecular complexity index is 993. The summed E-state index contributed by atoms with van der Waals surface area (Å²) in [5, 5.41) is 40.4. The van der Waals surface area contributed by atoms with Crippen LogP contribution >= 0.6 is 27.7 Å². The van der Waals surface area contributed by atoms with Crippen molar-refractivity contribution in [2.75, 3.05) is 13.2 Å². The average Bonchev–Trinajstić information content (AvgIpc) is 2.87. The summed E-state index contributed by atoms with van der Waals surface area (Å²) in [6.45, 7) is 2.36. The molecule has 0 bridgehead atoms. The van der Waals surface area contributed by atoms with Crippen molar-refractivity contribution < 1.29 is 63.2 Å². The number of hydrogen-bond donors (Lipinski definition) is 4. The molecule has 10 atom stereocenters.